The second-order valence-electron chi connectivity index (χ2n) is 2.08. The minimum atomic E-state index is -1.26. The molecular formula is C8H8ClF. The van der Waals surface area contributed by atoms with E-state index in [-0.39, 0.29) is 0 Å². The van der Waals surface area contributed by atoms with Crippen molar-refractivity contribution >= 4 is 11.6 Å². The summed E-state index contributed by atoms with van der Waals surface area (Å²) in [6.45, 7) is 0. The Kier molecular flexibility index (Phi) is 2.69. The van der Waals surface area contributed by atoms with E-state index in [2.05, 4.69) is 0 Å². The van der Waals surface area contributed by atoms with Crippen LogP contribution < -0.4 is 0 Å². The fourth-order valence-electron chi connectivity index (χ4n) is 0.792. The lowest BCUT2D eigenvalue weighted by Gasteiger charge is -1.97. The Bertz CT molecular complexity index is 184. The second kappa shape index (κ2) is 3.57. The first kappa shape index (κ1) is 7.55. The van der Waals surface area contributed by atoms with Crippen molar-refractivity contribution in [2.24, 2.45) is 0 Å². The van der Waals surface area contributed by atoms with Gasteiger partial charge in [0.05, 0.1) is 0 Å². The van der Waals surface area contributed by atoms with Gasteiger partial charge in [-0.25, -0.2) is 4.39 Å². The van der Waals surface area contributed by atoms with Crippen molar-refractivity contribution < 1.29 is 4.39 Å². The monoisotopic (exact) mass is 158 g/mol. The van der Waals surface area contributed by atoms with Gasteiger partial charge in [-0.3, -0.25) is 0 Å². The van der Waals surface area contributed by atoms with Crippen LogP contribution in [0, 0.1) is 0 Å². The highest BCUT2D eigenvalue weighted by Gasteiger charge is 2.00. The summed E-state index contributed by atoms with van der Waals surface area (Å²) in [5.74, 6) is 0. The van der Waals surface area contributed by atoms with Gasteiger partial charge in [-0.05, 0) is 5.56 Å². The lowest BCUT2D eigenvalue weighted by atomic mass is 10.2. The molecule has 0 unspecified atom stereocenters. The van der Waals surface area contributed by atoms with Gasteiger partial charge in [-0.1, -0.05) is 41.9 Å². The molecule has 0 aliphatic carbocycles. The maximum absolute atomic E-state index is 12.2. The van der Waals surface area contributed by atoms with Crippen LogP contribution in [0.25, 0.3) is 0 Å². The number of benzene rings is 1. The van der Waals surface area contributed by atoms with Crippen LogP contribution in [0.15, 0.2) is 30.3 Å². The molecule has 10 heavy (non-hydrogen) atoms. The van der Waals surface area contributed by atoms with E-state index in [1.807, 2.05) is 30.3 Å². The van der Waals surface area contributed by atoms with E-state index < -0.39 is 5.63 Å². The van der Waals surface area contributed by atoms with Gasteiger partial charge in [-0.15, -0.1) is 0 Å². The molecule has 0 aromatic heterocycles. The first-order valence-electron chi connectivity index (χ1n) is 3.11. The standard InChI is InChI=1S/C8H8ClF/c9-8(10)6-7-4-2-1-3-5-7/h1-5,8H,6H2/t8-/m0/s1. The molecule has 0 heterocycles. The number of halogens is 2. The quantitative estimate of drug-likeness (QED) is 0.581. The van der Waals surface area contributed by atoms with Crippen LogP contribution in [0.3, 0.4) is 0 Å². The number of alkyl halides is 2. The van der Waals surface area contributed by atoms with Gasteiger partial charge in [0.15, 0.2) is 5.63 Å². The first-order chi connectivity index (χ1) is 4.79. The smallest absolute Gasteiger partial charge is 0.177 e. The summed E-state index contributed by atoms with van der Waals surface area (Å²) in [7, 11) is 0. The maximum Gasteiger partial charge on any atom is 0.177 e. The van der Waals surface area contributed by atoms with Crippen LogP contribution in [0.4, 0.5) is 4.39 Å². The molecule has 54 valence electrons. The highest BCUT2D eigenvalue weighted by molar-refractivity contribution is 6.19. The minimum Gasteiger partial charge on any atom is -0.230 e. The van der Waals surface area contributed by atoms with Crippen molar-refractivity contribution in [2.75, 3.05) is 0 Å². The normalized spacial score (nSPS) is 13.0. The van der Waals surface area contributed by atoms with Gasteiger partial charge < -0.3 is 0 Å². The van der Waals surface area contributed by atoms with E-state index in [0.29, 0.717) is 6.42 Å². The van der Waals surface area contributed by atoms with Crippen LogP contribution in [-0.4, -0.2) is 5.63 Å². The third-order valence-corrected chi connectivity index (χ3v) is 1.39. The molecule has 0 radical (unpaired) electrons. The van der Waals surface area contributed by atoms with E-state index in [0.717, 1.165) is 5.56 Å². The zero-order valence-corrected chi connectivity index (χ0v) is 6.18. The SMILES string of the molecule is F[C@H](Cl)Cc1ccccc1. The summed E-state index contributed by atoms with van der Waals surface area (Å²) in [4.78, 5) is 0. The zero-order chi connectivity index (χ0) is 7.40. The molecule has 1 rings (SSSR count). The lowest BCUT2D eigenvalue weighted by Crippen LogP contribution is -1.93. The second-order valence-corrected chi connectivity index (χ2v) is 2.55. The van der Waals surface area contributed by atoms with Crippen molar-refractivity contribution in [3.63, 3.8) is 0 Å². The molecule has 1 aromatic rings. The van der Waals surface area contributed by atoms with E-state index in [1.165, 1.54) is 0 Å². The Morgan fingerprint density at radius 1 is 1.30 bits per heavy atom. The van der Waals surface area contributed by atoms with E-state index >= 15 is 0 Å². The summed E-state index contributed by atoms with van der Waals surface area (Å²) in [5.41, 5.74) is -0.326. The van der Waals surface area contributed by atoms with Crippen LogP contribution in [0.2, 0.25) is 0 Å². The lowest BCUT2D eigenvalue weighted by molar-refractivity contribution is 0.442. The molecule has 0 spiro atoms. The maximum atomic E-state index is 12.2. The van der Waals surface area contributed by atoms with Crippen LogP contribution in [-0.2, 0) is 6.42 Å². The predicted molar refractivity (Wildman–Crippen MR) is 40.9 cm³/mol. The number of rotatable bonds is 2. The van der Waals surface area contributed by atoms with Crippen LogP contribution in [0.5, 0.6) is 0 Å². The molecule has 0 saturated carbocycles. The Morgan fingerprint density at radius 3 is 2.40 bits per heavy atom. The molecule has 1 atom stereocenters. The number of hydrogen-bond acceptors (Lipinski definition) is 0. The summed E-state index contributed by atoms with van der Waals surface area (Å²) in [5, 5.41) is 0. The van der Waals surface area contributed by atoms with Crippen molar-refractivity contribution in [1.29, 1.82) is 0 Å². The molecule has 0 nitrogen and oxygen atoms in total. The largest absolute Gasteiger partial charge is 0.230 e. The highest BCUT2D eigenvalue weighted by atomic mass is 35.5. The first-order valence-corrected chi connectivity index (χ1v) is 3.55. The Labute approximate surface area is 64.6 Å². The van der Waals surface area contributed by atoms with Gasteiger partial charge in [0.2, 0.25) is 0 Å². The third kappa shape index (κ3) is 2.36. The minimum absolute atomic E-state index is 0.294. The molecule has 0 saturated heterocycles. The zero-order valence-electron chi connectivity index (χ0n) is 5.43. The van der Waals surface area contributed by atoms with Crippen molar-refractivity contribution in [3.05, 3.63) is 35.9 Å². The highest BCUT2D eigenvalue weighted by Crippen LogP contribution is 2.07. The van der Waals surface area contributed by atoms with Gasteiger partial charge >= 0.3 is 0 Å². The van der Waals surface area contributed by atoms with Crippen molar-refractivity contribution in [2.45, 2.75) is 12.1 Å². The van der Waals surface area contributed by atoms with Gasteiger partial charge in [0, 0.05) is 6.42 Å². The van der Waals surface area contributed by atoms with E-state index in [9.17, 15) is 4.39 Å². The Hall–Kier alpha value is -0.560. The third-order valence-electron chi connectivity index (χ3n) is 1.23. The molecule has 0 bridgehead atoms. The molecule has 0 fully saturated rings. The molecular weight excluding hydrogens is 151 g/mol. The average molecular weight is 159 g/mol. The van der Waals surface area contributed by atoms with Crippen LogP contribution >= 0.6 is 11.6 Å². The average Bonchev–Trinajstić information content (AvgIpc) is 1.88. The van der Waals surface area contributed by atoms with Gasteiger partial charge in [-0.2, -0.15) is 0 Å². The van der Waals surface area contributed by atoms with Crippen LogP contribution in [0.1, 0.15) is 5.56 Å². The molecule has 0 aliphatic rings. The van der Waals surface area contributed by atoms with Gasteiger partial charge in [0.1, 0.15) is 0 Å². The fraction of sp³-hybridized carbons (Fsp3) is 0.250. The molecule has 0 aliphatic heterocycles. The molecule has 1 aromatic carbocycles. The van der Waals surface area contributed by atoms with Crippen molar-refractivity contribution in [3.8, 4) is 0 Å². The Balaban J connectivity index is 2.59. The van der Waals surface area contributed by atoms with Crippen molar-refractivity contribution in [1.82, 2.24) is 0 Å². The number of hydrogen-bond donors (Lipinski definition) is 0. The van der Waals surface area contributed by atoms with E-state index in [1.54, 1.807) is 0 Å². The Morgan fingerprint density at radius 2 is 1.90 bits per heavy atom. The topological polar surface area (TPSA) is 0 Å². The molecule has 2 heteroatoms. The summed E-state index contributed by atoms with van der Waals surface area (Å²) < 4.78 is 12.2. The molecule has 0 N–H and O–H groups in total. The summed E-state index contributed by atoms with van der Waals surface area (Å²) >= 11 is 5.15. The molecule has 0 amide bonds. The summed E-state index contributed by atoms with van der Waals surface area (Å²) in [6, 6.07) is 9.35. The predicted octanol–water partition coefficient (Wildman–Crippen LogP) is 2.76. The van der Waals surface area contributed by atoms with E-state index in [4.69, 9.17) is 11.6 Å². The van der Waals surface area contributed by atoms with Gasteiger partial charge in [0.25, 0.3) is 0 Å². The summed E-state index contributed by atoms with van der Waals surface area (Å²) in [6.07, 6.45) is 0.294. The fourth-order valence-corrected chi connectivity index (χ4v) is 0.970.